The van der Waals surface area contributed by atoms with Gasteiger partial charge in [-0.05, 0) is 41.4 Å². The summed E-state index contributed by atoms with van der Waals surface area (Å²) in [5, 5.41) is 3.55. The van der Waals surface area contributed by atoms with Gasteiger partial charge in [0, 0.05) is 45.8 Å². The Morgan fingerprint density at radius 3 is 1.74 bits per heavy atom. The summed E-state index contributed by atoms with van der Waals surface area (Å²) in [5.41, 5.74) is 3.98. The molecule has 1 aromatic carbocycles. The number of ether oxygens (including phenoxy) is 2. The number of carbonyl (C=O) groups is 2. The van der Waals surface area contributed by atoms with Gasteiger partial charge in [0.25, 0.3) is 0 Å². The van der Waals surface area contributed by atoms with E-state index in [9.17, 15) is 9.59 Å². The predicted molar refractivity (Wildman–Crippen MR) is 123 cm³/mol. The Labute approximate surface area is 192 Å². The summed E-state index contributed by atoms with van der Waals surface area (Å²) in [4.78, 5) is 26.8. The second-order valence-electron chi connectivity index (χ2n) is 10.5. The highest BCUT2D eigenvalue weighted by atomic mass is 79.9. The minimum Gasteiger partial charge on any atom is -0.493 e. The smallest absolute Gasteiger partial charge is 0.162 e. The number of Topliss-reactive ketones (excluding diaryl/α,β-unsaturated/α-hetero) is 2. The summed E-state index contributed by atoms with van der Waals surface area (Å²) in [6, 6.07) is 3.75. The van der Waals surface area contributed by atoms with Crippen LogP contribution in [-0.4, -0.2) is 25.8 Å². The molecule has 0 amide bonds. The predicted octanol–water partition coefficient (Wildman–Crippen LogP) is 5.44. The maximum Gasteiger partial charge on any atom is 0.162 e. The van der Waals surface area contributed by atoms with Crippen LogP contribution in [0.4, 0.5) is 0 Å². The van der Waals surface area contributed by atoms with Crippen molar-refractivity contribution >= 4 is 27.5 Å². The lowest BCUT2D eigenvalue weighted by Gasteiger charge is -2.44. The van der Waals surface area contributed by atoms with Crippen LogP contribution in [0.2, 0.25) is 0 Å². The average molecular weight is 488 g/mol. The summed E-state index contributed by atoms with van der Waals surface area (Å²) in [6.45, 7) is 8.49. The number of nitrogens with one attached hydrogen (secondary N) is 1. The lowest BCUT2D eigenvalue weighted by molar-refractivity contribution is -0.119. The maximum atomic E-state index is 13.4. The van der Waals surface area contributed by atoms with E-state index in [-0.39, 0.29) is 22.4 Å². The average Bonchev–Trinajstić information content (AvgIpc) is 2.64. The van der Waals surface area contributed by atoms with Crippen molar-refractivity contribution in [3.63, 3.8) is 0 Å². The summed E-state index contributed by atoms with van der Waals surface area (Å²) in [7, 11) is 3.19. The van der Waals surface area contributed by atoms with Crippen molar-refractivity contribution < 1.29 is 19.1 Å². The third kappa shape index (κ3) is 3.84. The zero-order valence-electron chi connectivity index (χ0n) is 19.1. The molecule has 0 saturated carbocycles. The molecule has 166 valence electrons. The van der Waals surface area contributed by atoms with Gasteiger partial charge in [0.15, 0.2) is 23.1 Å². The molecule has 5 nitrogen and oxygen atoms in total. The van der Waals surface area contributed by atoms with Crippen molar-refractivity contribution in [2.75, 3.05) is 14.2 Å². The second kappa shape index (κ2) is 7.51. The topological polar surface area (TPSA) is 64.6 Å². The molecule has 0 aromatic heterocycles. The van der Waals surface area contributed by atoms with Crippen molar-refractivity contribution in [2.45, 2.75) is 59.3 Å². The lowest BCUT2D eigenvalue weighted by Crippen LogP contribution is -2.42. The number of ketones is 2. The first kappa shape index (κ1) is 22.1. The Balaban J connectivity index is 1.97. The number of halogens is 1. The number of rotatable bonds is 3. The highest BCUT2D eigenvalue weighted by molar-refractivity contribution is 9.10. The monoisotopic (exact) mass is 487 g/mol. The fourth-order valence-corrected chi connectivity index (χ4v) is 5.84. The second-order valence-corrected chi connectivity index (χ2v) is 11.3. The van der Waals surface area contributed by atoms with Crippen LogP contribution in [0.25, 0.3) is 0 Å². The molecule has 0 atom stereocenters. The first-order valence-corrected chi connectivity index (χ1v) is 11.5. The molecular formula is C25H30BrNO4. The van der Waals surface area contributed by atoms with Crippen molar-refractivity contribution in [1.82, 2.24) is 5.32 Å². The Kier molecular flexibility index (Phi) is 5.36. The molecule has 0 radical (unpaired) electrons. The van der Waals surface area contributed by atoms with Gasteiger partial charge in [-0.2, -0.15) is 0 Å². The van der Waals surface area contributed by atoms with E-state index in [0.717, 1.165) is 45.4 Å². The van der Waals surface area contributed by atoms with E-state index in [1.165, 1.54) is 0 Å². The quantitative estimate of drug-likeness (QED) is 0.614. The van der Waals surface area contributed by atoms with Crippen molar-refractivity contribution in [1.29, 1.82) is 0 Å². The summed E-state index contributed by atoms with van der Waals surface area (Å²) >= 11 is 3.68. The van der Waals surface area contributed by atoms with Gasteiger partial charge in [0.2, 0.25) is 0 Å². The van der Waals surface area contributed by atoms with Crippen LogP contribution in [0.5, 0.6) is 11.5 Å². The van der Waals surface area contributed by atoms with Gasteiger partial charge < -0.3 is 14.8 Å². The summed E-state index contributed by atoms with van der Waals surface area (Å²) < 4.78 is 11.8. The molecule has 1 N–H and O–H groups in total. The standard InChI is InChI=1S/C25H30BrNO4/c1-24(2)9-15-22(17(28)11-24)21(13-7-19(30-5)20(31-6)8-14(13)26)23-16(27-15)10-25(3,4)12-18(23)29/h7-8,21,27H,9-12H2,1-6H3. The highest BCUT2D eigenvalue weighted by Crippen LogP contribution is 2.53. The van der Waals surface area contributed by atoms with Crippen LogP contribution in [0.15, 0.2) is 39.1 Å². The lowest BCUT2D eigenvalue weighted by atomic mass is 9.64. The molecule has 0 bridgehead atoms. The van der Waals surface area contributed by atoms with Crippen LogP contribution in [0, 0.1) is 10.8 Å². The molecule has 1 heterocycles. The van der Waals surface area contributed by atoms with Gasteiger partial charge in [-0.15, -0.1) is 0 Å². The molecule has 0 unspecified atom stereocenters. The van der Waals surface area contributed by atoms with E-state index in [2.05, 4.69) is 48.9 Å². The number of hydrogen-bond acceptors (Lipinski definition) is 5. The van der Waals surface area contributed by atoms with Crippen molar-refractivity contribution in [3.05, 3.63) is 44.7 Å². The molecule has 0 spiro atoms. The van der Waals surface area contributed by atoms with Crippen LogP contribution < -0.4 is 14.8 Å². The molecule has 31 heavy (non-hydrogen) atoms. The molecule has 0 fully saturated rings. The minimum atomic E-state index is -0.410. The number of methoxy groups -OCH3 is 2. The maximum absolute atomic E-state index is 13.4. The normalized spacial score (nSPS) is 22.7. The fraction of sp³-hybridized carbons (Fsp3) is 0.520. The zero-order valence-corrected chi connectivity index (χ0v) is 20.7. The van der Waals surface area contributed by atoms with E-state index in [4.69, 9.17) is 9.47 Å². The summed E-state index contributed by atoms with van der Waals surface area (Å²) in [5.74, 6) is 0.982. The van der Waals surface area contributed by atoms with E-state index < -0.39 is 5.92 Å². The molecule has 1 aliphatic heterocycles. The third-order valence-electron chi connectivity index (χ3n) is 6.53. The van der Waals surface area contributed by atoms with Crippen LogP contribution in [0.3, 0.4) is 0 Å². The van der Waals surface area contributed by atoms with E-state index in [0.29, 0.717) is 24.3 Å². The van der Waals surface area contributed by atoms with Crippen LogP contribution in [-0.2, 0) is 9.59 Å². The Morgan fingerprint density at radius 1 is 0.839 bits per heavy atom. The minimum absolute atomic E-state index is 0.106. The van der Waals surface area contributed by atoms with Gasteiger partial charge in [0.1, 0.15) is 0 Å². The molecule has 6 heteroatoms. The highest BCUT2D eigenvalue weighted by Gasteiger charge is 2.47. The summed E-state index contributed by atoms with van der Waals surface area (Å²) in [6.07, 6.45) is 2.50. The Bertz CT molecular complexity index is 996. The number of carbonyl (C=O) groups excluding carboxylic acids is 2. The van der Waals surface area contributed by atoms with Crippen LogP contribution >= 0.6 is 15.9 Å². The first-order chi connectivity index (χ1) is 14.5. The molecule has 4 rings (SSSR count). The van der Waals surface area contributed by atoms with E-state index in [1.54, 1.807) is 14.2 Å². The van der Waals surface area contributed by atoms with Gasteiger partial charge in [-0.3, -0.25) is 9.59 Å². The largest absolute Gasteiger partial charge is 0.493 e. The molecule has 2 aliphatic carbocycles. The number of dihydropyridines is 1. The zero-order chi connectivity index (χ0) is 22.7. The third-order valence-corrected chi connectivity index (χ3v) is 7.22. The Morgan fingerprint density at radius 2 is 1.29 bits per heavy atom. The molecule has 0 saturated heterocycles. The van der Waals surface area contributed by atoms with E-state index in [1.807, 2.05) is 12.1 Å². The Hall–Kier alpha value is -2.08. The number of hydrogen-bond donors (Lipinski definition) is 1. The van der Waals surface area contributed by atoms with Crippen molar-refractivity contribution in [2.24, 2.45) is 10.8 Å². The number of benzene rings is 1. The molecular weight excluding hydrogens is 458 g/mol. The number of allylic oxidation sites excluding steroid dienone is 4. The first-order valence-electron chi connectivity index (χ1n) is 10.7. The van der Waals surface area contributed by atoms with Gasteiger partial charge in [-0.25, -0.2) is 0 Å². The fourth-order valence-electron chi connectivity index (χ4n) is 5.29. The molecule has 3 aliphatic rings. The van der Waals surface area contributed by atoms with Gasteiger partial charge >= 0.3 is 0 Å². The van der Waals surface area contributed by atoms with Crippen LogP contribution in [0.1, 0.15) is 64.9 Å². The molecule has 1 aromatic rings. The van der Waals surface area contributed by atoms with E-state index >= 15 is 0 Å². The van der Waals surface area contributed by atoms with Gasteiger partial charge in [0.05, 0.1) is 14.2 Å². The van der Waals surface area contributed by atoms with Crippen molar-refractivity contribution in [3.8, 4) is 11.5 Å². The SMILES string of the molecule is COc1cc(Br)c(C2C3=C(CC(C)(C)CC3=O)NC3=C2C(=O)CC(C)(C)C3)cc1OC. The van der Waals surface area contributed by atoms with Gasteiger partial charge in [-0.1, -0.05) is 43.6 Å².